The van der Waals surface area contributed by atoms with E-state index in [1.165, 1.54) is 12.1 Å². The van der Waals surface area contributed by atoms with Gasteiger partial charge in [-0.25, -0.2) is 4.39 Å². The summed E-state index contributed by atoms with van der Waals surface area (Å²) in [5.41, 5.74) is 1.33. The number of fused-ring (bicyclic) bond motifs is 1. The van der Waals surface area contributed by atoms with Crippen LogP contribution < -0.4 is 5.32 Å². The molecular weight excluding hydrogens is 391 g/mol. The second-order valence-electron chi connectivity index (χ2n) is 7.88. The van der Waals surface area contributed by atoms with E-state index in [9.17, 15) is 18.8 Å². The van der Waals surface area contributed by atoms with Crippen molar-refractivity contribution in [3.63, 3.8) is 0 Å². The van der Waals surface area contributed by atoms with Gasteiger partial charge in [-0.15, -0.1) is 0 Å². The van der Waals surface area contributed by atoms with Crippen LogP contribution in [0.5, 0.6) is 0 Å². The lowest BCUT2D eigenvalue weighted by Crippen LogP contribution is -2.49. The van der Waals surface area contributed by atoms with Crippen LogP contribution in [0, 0.1) is 5.82 Å². The van der Waals surface area contributed by atoms with Crippen molar-refractivity contribution in [2.75, 3.05) is 32.7 Å². The van der Waals surface area contributed by atoms with Gasteiger partial charge in [0.05, 0.1) is 12.2 Å². The molecule has 2 fully saturated rings. The van der Waals surface area contributed by atoms with E-state index in [1.54, 1.807) is 11.0 Å². The van der Waals surface area contributed by atoms with Crippen LogP contribution in [0.1, 0.15) is 43.7 Å². The molecular formula is C21H25FN4O4. The average Bonchev–Trinajstić information content (AvgIpc) is 3.16. The highest BCUT2D eigenvalue weighted by Gasteiger charge is 2.27. The van der Waals surface area contributed by atoms with Crippen LogP contribution in [0.4, 0.5) is 4.39 Å². The zero-order chi connectivity index (χ0) is 21.1. The van der Waals surface area contributed by atoms with Gasteiger partial charge < -0.3 is 19.6 Å². The van der Waals surface area contributed by atoms with Crippen LogP contribution in [-0.4, -0.2) is 65.4 Å². The zero-order valence-corrected chi connectivity index (χ0v) is 16.7. The average molecular weight is 416 g/mol. The normalized spacial score (nSPS) is 18.0. The fraction of sp³-hybridized carbons (Fsp3) is 0.524. The third kappa shape index (κ3) is 4.44. The van der Waals surface area contributed by atoms with Crippen molar-refractivity contribution < 1.29 is 23.3 Å². The first-order valence-electron chi connectivity index (χ1n) is 10.4. The van der Waals surface area contributed by atoms with Gasteiger partial charge in [-0.2, -0.15) is 0 Å². The minimum Gasteiger partial charge on any atom is -0.356 e. The van der Waals surface area contributed by atoms with Crippen LogP contribution in [0.25, 0.3) is 11.0 Å². The Morgan fingerprint density at radius 2 is 1.87 bits per heavy atom. The van der Waals surface area contributed by atoms with Gasteiger partial charge in [0.1, 0.15) is 5.82 Å². The van der Waals surface area contributed by atoms with Crippen molar-refractivity contribution >= 4 is 28.7 Å². The summed E-state index contributed by atoms with van der Waals surface area (Å²) in [5.74, 6) is -0.380. The molecule has 3 heterocycles. The number of hydrogen-bond donors (Lipinski definition) is 1. The highest BCUT2D eigenvalue weighted by molar-refractivity contribution is 5.86. The lowest BCUT2D eigenvalue weighted by molar-refractivity contribution is -0.138. The van der Waals surface area contributed by atoms with E-state index in [1.807, 2.05) is 4.90 Å². The summed E-state index contributed by atoms with van der Waals surface area (Å²) in [6.45, 7) is 2.31. The van der Waals surface area contributed by atoms with Crippen LogP contribution in [0.2, 0.25) is 0 Å². The number of carbonyl (C=O) groups excluding carboxylic acids is 3. The largest absolute Gasteiger partial charge is 0.356 e. The van der Waals surface area contributed by atoms with Crippen molar-refractivity contribution in [2.24, 2.45) is 0 Å². The number of carbonyl (C=O) groups is 3. The molecule has 0 radical (unpaired) electrons. The minimum atomic E-state index is -0.320. The van der Waals surface area contributed by atoms with Gasteiger partial charge in [0.15, 0.2) is 5.58 Å². The fourth-order valence-corrected chi connectivity index (χ4v) is 4.18. The number of nitrogens with zero attached hydrogens (tertiary/aromatic N) is 3. The molecule has 160 valence electrons. The van der Waals surface area contributed by atoms with E-state index in [-0.39, 0.29) is 42.4 Å². The monoisotopic (exact) mass is 416 g/mol. The van der Waals surface area contributed by atoms with E-state index in [2.05, 4.69) is 10.5 Å². The Labute approximate surface area is 173 Å². The summed E-state index contributed by atoms with van der Waals surface area (Å²) < 4.78 is 18.9. The number of nitrogens with one attached hydrogen (secondary N) is 1. The highest BCUT2D eigenvalue weighted by atomic mass is 19.1. The summed E-state index contributed by atoms with van der Waals surface area (Å²) in [4.78, 5) is 39.4. The van der Waals surface area contributed by atoms with Crippen LogP contribution >= 0.6 is 0 Å². The standard InChI is InChI=1S/C21H25FN4O4/c22-15-4-5-17-16(12-15)21(24-30-17)14-6-9-25(10-7-14)19(28)2-1-3-20(29)26-11-8-23-18(27)13-26/h4-5,12,14H,1-3,6-11,13H2,(H,23,27). The smallest absolute Gasteiger partial charge is 0.239 e. The minimum absolute atomic E-state index is 0.0358. The van der Waals surface area contributed by atoms with Crippen LogP contribution in [-0.2, 0) is 14.4 Å². The first kappa shape index (κ1) is 20.3. The Bertz CT molecular complexity index is 952. The predicted molar refractivity (Wildman–Crippen MR) is 106 cm³/mol. The van der Waals surface area contributed by atoms with E-state index < -0.39 is 0 Å². The molecule has 2 aromatic rings. The quantitative estimate of drug-likeness (QED) is 0.802. The van der Waals surface area contributed by atoms with Gasteiger partial charge in [0.2, 0.25) is 17.7 Å². The van der Waals surface area contributed by atoms with Crippen LogP contribution in [0.3, 0.4) is 0 Å². The third-order valence-corrected chi connectivity index (χ3v) is 5.87. The number of benzene rings is 1. The first-order valence-corrected chi connectivity index (χ1v) is 10.4. The molecule has 0 saturated carbocycles. The summed E-state index contributed by atoms with van der Waals surface area (Å²) in [6.07, 6.45) is 2.54. The van der Waals surface area contributed by atoms with Crippen molar-refractivity contribution in [2.45, 2.75) is 38.0 Å². The molecule has 1 aromatic heterocycles. The number of halogens is 1. The second-order valence-corrected chi connectivity index (χ2v) is 7.88. The Kier molecular flexibility index (Phi) is 5.96. The topological polar surface area (TPSA) is 95.8 Å². The molecule has 0 unspecified atom stereocenters. The molecule has 0 spiro atoms. The van der Waals surface area contributed by atoms with E-state index in [4.69, 9.17) is 4.52 Å². The Hall–Kier alpha value is -2.97. The molecule has 1 N–H and O–H groups in total. The zero-order valence-electron chi connectivity index (χ0n) is 16.7. The lowest BCUT2D eigenvalue weighted by atomic mass is 9.91. The van der Waals surface area contributed by atoms with Gasteiger partial charge in [-0.3, -0.25) is 14.4 Å². The predicted octanol–water partition coefficient (Wildman–Crippen LogP) is 1.80. The molecule has 3 amide bonds. The third-order valence-electron chi connectivity index (χ3n) is 5.87. The molecule has 1 aromatic carbocycles. The molecule has 9 heteroatoms. The lowest BCUT2D eigenvalue weighted by Gasteiger charge is -2.31. The number of piperazine rings is 1. The maximum atomic E-state index is 13.6. The summed E-state index contributed by atoms with van der Waals surface area (Å²) in [6, 6.07) is 4.38. The van der Waals surface area contributed by atoms with Crippen molar-refractivity contribution in [1.82, 2.24) is 20.3 Å². The van der Waals surface area contributed by atoms with E-state index >= 15 is 0 Å². The SMILES string of the molecule is O=C1CN(C(=O)CCCC(=O)N2CCC(c3noc4ccc(F)cc34)CC2)CCN1. The maximum absolute atomic E-state index is 13.6. The van der Waals surface area contributed by atoms with Gasteiger partial charge >= 0.3 is 0 Å². The Balaban J connectivity index is 1.24. The van der Waals surface area contributed by atoms with E-state index in [0.717, 1.165) is 18.5 Å². The molecule has 0 atom stereocenters. The molecule has 2 saturated heterocycles. The number of piperidine rings is 1. The Morgan fingerprint density at radius 1 is 1.13 bits per heavy atom. The number of amides is 3. The molecule has 2 aliphatic heterocycles. The van der Waals surface area contributed by atoms with Gasteiger partial charge in [-0.1, -0.05) is 5.16 Å². The van der Waals surface area contributed by atoms with E-state index in [0.29, 0.717) is 50.0 Å². The summed E-state index contributed by atoms with van der Waals surface area (Å²) >= 11 is 0. The number of hydrogen-bond acceptors (Lipinski definition) is 5. The van der Waals surface area contributed by atoms with Gasteiger partial charge in [0.25, 0.3) is 0 Å². The first-order chi connectivity index (χ1) is 14.5. The van der Waals surface area contributed by atoms with Crippen molar-refractivity contribution in [3.8, 4) is 0 Å². The molecule has 2 aliphatic rings. The van der Waals surface area contributed by atoms with Gasteiger partial charge in [0, 0.05) is 50.3 Å². The molecule has 30 heavy (non-hydrogen) atoms. The maximum Gasteiger partial charge on any atom is 0.239 e. The van der Waals surface area contributed by atoms with Crippen LogP contribution in [0.15, 0.2) is 22.7 Å². The Morgan fingerprint density at radius 3 is 2.60 bits per heavy atom. The summed E-state index contributed by atoms with van der Waals surface area (Å²) in [7, 11) is 0. The van der Waals surface area contributed by atoms with Crippen molar-refractivity contribution in [3.05, 3.63) is 29.7 Å². The molecule has 4 rings (SSSR count). The number of likely N-dealkylation sites (tertiary alicyclic amines) is 1. The molecule has 0 bridgehead atoms. The molecule has 0 aliphatic carbocycles. The molecule has 8 nitrogen and oxygen atoms in total. The number of rotatable bonds is 5. The fourth-order valence-electron chi connectivity index (χ4n) is 4.18. The highest BCUT2D eigenvalue weighted by Crippen LogP contribution is 2.33. The van der Waals surface area contributed by atoms with Crippen molar-refractivity contribution in [1.29, 1.82) is 0 Å². The van der Waals surface area contributed by atoms with Gasteiger partial charge in [-0.05, 0) is 37.5 Å². The number of aromatic nitrogens is 1. The second kappa shape index (κ2) is 8.81. The summed E-state index contributed by atoms with van der Waals surface area (Å²) in [5, 5.41) is 7.52.